The third-order valence-corrected chi connectivity index (χ3v) is 4.14. The molecule has 0 aliphatic carbocycles. The maximum absolute atomic E-state index is 10.9. The molecule has 124 valence electrons. The third kappa shape index (κ3) is 3.74. The first-order valence-electron chi connectivity index (χ1n) is 7.53. The third-order valence-electron chi connectivity index (χ3n) is 3.75. The Morgan fingerprint density at radius 3 is 2.87 bits per heavy atom. The largest absolute Gasteiger partial charge is 0.496 e. The summed E-state index contributed by atoms with van der Waals surface area (Å²) in [5.74, 6) is 0.665. The lowest BCUT2D eigenvalue weighted by Crippen LogP contribution is -2.02. The number of carbonyl (C=O) groups is 1. The number of aromatic amines is 1. The van der Waals surface area contributed by atoms with Gasteiger partial charge in [0.1, 0.15) is 12.0 Å². The standard InChI is InChI=1S/C17H21ClN2O3/c1-4-23-8-6-15-13(10-19-20-15)16-11(2)14(18)9-12(5-7-21)17(16)22-3/h7,9-10H,4-6,8H2,1-3H3,(H,19,20). The zero-order chi connectivity index (χ0) is 16.8. The zero-order valence-electron chi connectivity index (χ0n) is 13.6. The van der Waals surface area contributed by atoms with E-state index in [9.17, 15) is 4.79 Å². The smallest absolute Gasteiger partial charge is 0.130 e. The lowest BCUT2D eigenvalue weighted by Gasteiger charge is -2.17. The summed E-state index contributed by atoms with van der Waals surface area (Å²) in [5, 5.41) is 7.77. The molecule has 0 amide bonds. The zero-order valence-corrected chi connectivity index (χ0v) is 14.4. The number of rotatable bonds is 8. The van der Waals surface area contributed by atoms with Gasteiger partial charge in [0.25, 0.3) is 0 Å². The van der Waals surface area contributed by atoms with Crippen molar-refractivity contribution in [2.24, 2.45) is 0 Å². The summed E-state index contributed by atoms with van der Waals surface area (Å²) in [6.07, 6.45) is 3.56. The lowest BCUT2D eigenvalue weighted by molar-refractivity contribution is -0.107. The topological polar surface area (TPSA) is 64.2 Å². The molecule has 0 saturated carbocycles. The van der Waals surface area contributed by atoms with Gasteiger partial charge in [-0.25, -0.2) is 0 Å². The molecule has 5 nitrogen and oxygen atoms in total. The average Bonchev–Trinajstić information content (AvgIpc) is 2.99. The molecule has 1 heterocycles. The highest BCUT2D eigenvalue weighted by Crippen LogP contribution is 2.41. The van der Waals surface area contributed by atoms with Crippen LogP contribution in [0.1, 0.15) is 23.7 Å². The predicted molar refractivity (Wildman–Crippen MR) is 90.3 cm³/mol. The fraction of sp³-hybridized carbons (Fsp3) is 0.412. The Kier molecular flexibility index (Phi) is 6.19. The molecule has 0 saturated heterocycles. The molecule has 0 aliphatic rings. The van der Waals surface area contributed by atoms with E-state index in [0.29, 0.717) is 30.4 Å². The van der Waals surface area contributed by atoms with E-state index in [1.807, 2.05) is 13.8 Å². The van der Waals surface area contributed by atoms with Crippen LogP contribution in [0.2, 0.25) is 5.02 Å². The quantitative estimate of drug-likeness (QED) is 0.593. The molecule has 2 rings (SSSR count). The SMILES string of the molecule is CCOCCc1[nH]ncc1-c1c(C)c(Cl)cc(CC=O)c1OC. The molecule has 1 aromatic carbocycles. The van der Waals surface area contributed by atoms with Gasteiger partial charge < -0.3 is 14.3 Å². The Hall–Kier alpha value is -1.85. The molecular weight excluding hydrogens is 316 g/mol. The van der Waals surface area contributed by atoms with Crippen molar-refractivity contribution in [3.05, 3.63) is 34.1 Å². The molecule has 0 fully saturated rings. The van der Waals surface area contributed by atoms with Crippen molar-refractivity contribution < 1.29 is 14.3 Å². The summed E-state index contributed by atoms with van der Waals surface area (Å²) in [7, 11) is 1.60. The first-order chi connectivity index (χ1) is 11.1. The molecule has 0 spiro atoms. The summed E-state index contributed by atoms with van der Waals surface area (Å²) in [6.45, 7) is 5.18. The molecule has 0 atom stereocenters. The number of carbonyl (C=O) groups excluding carboxylic acids is 1. The second-order valence-electron chi connectivity index (χ2n) is 5.13. The van der Waals surface area contributed by atoms with Gasteiger partial charge in [0.05, 0.1) is 19.9 Å². The van der Waals surface area contributed by atoms with Gasteiger partial charge in [-0.3, -0.25) is 5.10 Å². The molecular formula is C17H21ClN2O3. The first-order valence-corrected chi connectivity index (χ1v) is 7.91. The van der Waals surface area contributed by atoms with Crippen LogP contribution < -0.4 is 4.74 Å². The second kappa shape index (κ2) is 8.13. The van der Waals surface area contributed by atoms with Crippen LogP contribution in [-0.4, -0.2) is 36.8 Å². The number of ether oxygens (including phenoxy) is 2. The maximum atomic E-state index is 10.9. The van der Waals surface area contributed by atoms with Gasteiger partial charge in [-0.05, 0) is 25.5 Å². The molecule has 2 aromatic rings. The fourth-order valence-electron chi connectivity index (χ4n) is 2.61. The maximum Gasteiger partial charge on any atom is 0.130 e. The van der Waals surface area contributed by atoms with Crippen LogP contribution in [0.5, 0.6) is 5.75 Å². The van der Waals surface area contributed by atoms with Gasteiger partial charge in [0.2, 0.25) is 0 Å². The van der Waals surface area contributed by atoms with Gasteiger partial charge in [-0.15, -0.1) is 0 Å². The number of H-pyrrole nitrogens is 1. The van der Waals surface area contributed by atoms with Crippen LogP contribution in [0.15, 0.2) is 12.3 Å². The minimum Gasteiger partial charge on any atom is -0.496 e. The molecule has 0 bridgehead atoms. The van der Waals surface area contributed by atoms with Crippen LogP contribution in [0.3, 0.4) is 0 Å². The van der Waals surface area contributed by atoms with Crippen LogP contribution in [0, 0.1) is 6.92 Å². The van der Waals surface area contributed by atoms with E-state index >= 15 is 0 Å². The Labute approximate surface area is 140 Å². The van der Waals surface area contributed by atoms with Crippen molar-refractivity contribution in [3.63, 3.8) is 0 Å². The van der Waals surface area contributed by atoms with Crippen molar-refractivity contribution in [3.8, 4) is 16.9 Å². The van der Waals surface area contributed by atoms with Crippen LogP contribution in [-0.2, 0) is 22.4 Å². The lowest BCUT2D eigenvalue weighted by atomic mass is 9.95. The van der Waals surface area contributed by atoms with Crippen molar-refractivity contribution in [2.45, 2.75) is 26.7 Å². The van der Waals surface area contributed by atoms with Gasteiger partial charge in [0.15, 0.2) is 0 Å². The van der Waals surface area contributed by atoms with E-state index in [0.717, 1.165) is 34.2 Å². The van der Waals surface area contributed by atoms with E-state index in [1.54, 1.807) is 19.4 Å². The van der Waals surface area contributed by atoms with Crippen LogP contribution in [0.4, 0.5) is 0 Å². The number of aromatic nitrogens is 2. The fourth-order valence-corrected chi connectivity index (χ4v) is 2.84. The Balaban J connectivity index is 2.54. The molecule has 1 aromatic heterocycles. The number of benzene rings is 1. The van der Waals surface area contributed by atoms with Crippen molar-refractivity contribution in [1.82, 2.24) is 10.2 Å². The number of nitrogens with zero attached hydrogens (tertiary/aromatic N) is 1. The van der Waals surface area contributed by atoms with E-state index in [2.05, 4.69) is 10.2 Å². The number of halogens is 1. The minimum atomic E-state index is 0.252. The van der Waals surface area contributed by atoms with Crippen LogP contribution >= 0.6 is 11.6 Å². The second-order valence-corrected chi connectivity index (χ2v) is 5.54. The minimum absolute atomic E-state index is 0.252. The van der Waals surface area contributed by atoms with Crippen molar-refractivity contribution in [2.75, 3.05) is 20.3 Å². The van der Waals surface area contributed by atoms with E-state index in [-0.39, 0.29) is 6.42 Å². The molecule has 0 aliphatic heterocycles. The Morgan fingerprint density at radius 2 is 2.22 bits per heavy atom. The van der Waals surface area contributed by atoms with E-state index in [1.165, 1.54) is 0 Å². The Morgan fingerprint density at radius 1 is 1.43 bits per heavy atom. The summed E-state index contributed by atoms with van der Waals surface area (Å²) in [6, 6.07) is 1.79. The van der Waals surface area contributed by atoms with Gasteiger partial charge in [-0.2, -0.15) is 5.10 Å². The highest BCUT2D eigenvalue weighted by Gasteiger charge is 2.20. The van der Waals surface area contributed by atoms with Gasteiger partial charge in [0, 0.05) is 46.9 Å². The average molecular weight is 337 g/mol. The summed E-state index contributed by atoms with van der Waals surface area (Å²) in [5.41, 5.74) is 4.42. The van der Waals surface area contributed by atoms with Crippen molar-refractivity contribution >= 4 is 17.9 Å². The molecule has 23 heavy (non-hydrogen) atoms. The highest BCUT2D eigenvalue weighted by molar-refractivity contribution is 6.32. The normalized spacial score (nSPS) is 10.8. The monoisotopic (exact) mass is 336 g/mol. The molecule has 0 unspecified atom stereocenters. The Bertz CT molecular complexity index is 683. The van der Waals surface area contributed by atoms with E-state index < -0.39 is 0 Å². The molecule has 1 N–H and O–H groups in total. The van der Waals surface area contributed by atoms with Gasteiger partial charge >= 0.3 is 0 Å². The summed E-state index contributed by atoms with van der Waals surface area (Å²) >= 11 is 6.35. The van der Waals surface area contributed by atoms with Crippen molar-refractivity contribution in [1.29, 1.82) is 0 Å². The summed E-state index contributed by atoms with van der Waals surface area (Å²) in [4.78, 5) is 10.9. The van der Waals surface area contributed by atoms with E-state index in [4.69, 9.17) is 21.1 Å². The first kappa shape index (κ1) is 17.5. The number of nitrogens with one attached hydrogen (secondary N) is 1. The number of methoxy groups -OCH3 is 1. The van der Waals surface area contributed by atoms with Crippen LogP contribution in [0.25, 0.3) is 11.1 Å². The van der Waals surface area contributed by atoms with Gasteiger partial charge in [-0.1, -0.05) is 11.6 Å². The molecule has 0 radical (unpaired) electrons. The number of hydrogen-bond donors (Lipinski definition) is 1. The summed E-state index contributed by atoms with van der Waals surface area (Å²) < 4.78 is 11.0. The number of hydrogen-bond acceptors (Lipinski definition) is 4. The predicted octanol–water partition coefficient (Wildman–Crippen LogP) is 3.37. The molecule has 6 heteroatoms. The highest BCUT2D eigenvalue weighted by atomic mass is 35.5. The number of aldehydes is 1.